The highest BCUT2D eigenvalue weighted by Crippen LogP contribution is 2.37. The molecule has 1 aromatic heterocycles. The Morgan fingerprint density at radius 1 is 1.12 bits per heavy atom. The summed E-state index contributed by atoms with van der Waals surface area (Å²) in [5, 5.41) is 13.3. The molecule has 3 rings (SSSR count). The van der Waals surface area contributed by atoms with Crippen molar-refractivity contribution in [1.29, 1.82) is 0 Å². The van der Waals surface area contributed by atoms with Gasteiger partial charge >= 0.3 is 5.97 Å². The number of carboxylic acids is 1. The molecule has 0 saturated heterocycles. The first kappa shape index (κ1) is 19.3. The van der Waals surface area contributed by atoms with E-state index in [1.54, 1.807) is 5.38 Å². The first-order valence-electron chi connectivity index (χ1n) is 9.37. The molecule has 1 amide bonds. The fraction of sp³-hybridized carbons (Fsp3) is 0.684. The lowest BCUT2D eigenvalue weighted by Gasteiger charge is -2.25. The fourth-order valence-corrected chi connectivity index (χ4v) is 5.06. The predicted molar refractivity (Wildman–Crippen MR) is 95.9 cm³/mol. The number of carboxylic acid groups (broad SMARTS) is 1. The Bertz CT molecular complexity index is 655. The Labute approximate surface area is 156 Å². The van der Waals surface area contributed by atoms with Crippen molar-refractivity contribution in [1.82, 2.24) is 5.32 Å². The Morgan fingerprint density at radius 3 is 2.54 bits per heavy atom. The number of carbonyl (C=O) groups excluding carboxylic acids is 1. The molecule has 26 heavy (non-hydrogen) atoms. The molecule has 0 aliphatic heterocycles. The third-order valence-corrected chi connectivity index (χ3v) is 6.78. The second-order valence-electron chi connectivity index (χ2n) is 7.51. The van der Waals surface area contributed by atoms with Crippen LogP contribution in [0.3, 0.4) is 0 Å². The number of aliphatic carboxylic acids is 1. The average Bonchev–Trinajstić information content (AvgIpc) is 3.05. The Hall–Kier alpha value is -1.50. The molecule has 2 atom stereocenters. The third kappa shape index (κ3) is 4.42. The normalized spacial score (nSPS) is 26.8. The van der Waals surface area contributed by atoms with Crippen molar-refractivity contribution < 1.29 is 23.5 Å². The average molecular weight is 385 g/mol. The molecular weight excluding hydrogens is 360 g/mol. The van der Waals surface area contributed by atoms with Gasteiger partial charge in [-0.3, -0.25) is 9.59 Å². The third-order valence-electron chi connectivity index (χ3n) is 5.68. The van der Waals surface area contributed by atoms with Gasteiger partial charge in [-0.05, 0) is 44.1 Å². The fourth-order valence-electron chi connectivity index (χ4n) is 4.00. The van der Waals surface area contributed by atoms with Crippen molar-refractivity contribution in [2.24, 2.45) is 5.92 Å². The van der Waals surface area contributed by atoms with Gasteiger partial charge in [-0.15, -0.1) is 11.3 Å². The molecule has 0 radical (unpaired) electrons. The summed E-state index contributed by atoms with van der Waals surface area (Å²) in [4.78, 5) is 24.7. The van der Waals surface area contributed by atoms with E-state index in [9.17, 15) is 18.4 Å². The highest BCUT2D eigenvalue weighted by Gasteiger charge is 2.44. The summed E-state index contributed by atoms with van der Waals surface area (Å²) >= 11 is 1.53. The zero-order valence-electron chi connectivity index (χ0n) is 14.7. The van der Waals surface area contributed by atoms with Gasteiger partial charge in [0.05, 0.1) is 17.5 Å². The van der Waals surface area contributed by atoms with Crippen LogP contribution in [0.15, 0.2) is 11.4 Å². The molecule has 4 nitrogen and oxygen atoms in total. The lowest BCUT2D eigenvalue weighted by atomic mass is 9.88. The van der Waals surface area contributed by atoms with Crippen molar-refractivity contribution in [2.45, 2.75) is 75.7 Å². The zero-order valence-corrected chi connectivity index (χ0v) is 15.5. The van der Waals surface area contributed by atoms with Crippen molar-refractivity contribution in [3.05, 3.63) is 21.9 Å². The molecule has 2 aliphatic rings. The predicted octanol–water partition coefficient (Wildman–Crippen LogP) is 4.80. The first-order valence-corrected chi connectivity index (χ1v) is 10.2. The maximum atomic E-state index is 14.3. The minimum atomic E-state index is -3.08. The number of thiophene rings is 1. The van der Waals surface area contributed by atoms with Crippen LogP contribution in [0, 0.1) is 5.92 Å². The second-order valence-corrected chi connectivity index (χ2v) is 8.45. The van der Waals surface area contributed by atoms with E-state index in [1.165, 1.54) is 30.6 Å². The molecule has 2 fully saturated rings. The Balaban J connectivity index is 1.64. The molecule has 0 bridgehead atoms. The summed E-state index contributed by atoms with van der Waals surface area (Å²) in [7, 11) is 0. The first-order chi connectivity index (χ1) is 12.4. The number of alkyl halides is 2. The lowest BCUT2D eigenvalue weighted by molar-refractivity contribution is -0.142. The summed E-state index contributed by atoms with van der Waals surface area (Å²) in [6.07, 6.45) is 5.47. The van der Waals surface area contributed by atoms with Gasteiger partial charge in [0.15, 0.2) is 0 Å². The van der Waals surface area contributed by atoms with Crippen LogP contribution in [-0.4, -0.2) is 28.9 Å². The van der Waals surface area contributed by atoms with Crippen LogP contribution < -0.4 is 5.32 Å². The van der Waals surface area contributed by atoms with E-state index in [2.05, 4.69) is 5.32 Å². The summed E-state index contributed by atoms with van der Waals surface area (Å²) in [5.74, 6) is -4.89. The minimum absolute atomic E-state index is 0.0185. The van der Waals surface area contributed by atoms with Crippen LogP contribution in [0.1, 0.15) is 78.9 Å². The smallest absolute Gasteiger partial charge is 0.306 e. The summed E-state index contributed by atoms with van der Waals surface area (Å²) in [5.41, 5.74) is 0.436. The highest BCUT2D eigenvalue weighted by molar-refractivity contribution is 7.10. The van der Waals surface area contributed by atoms with E-state index < -0.39 is 36.2 Å². The number of amides is 1. The van der Waals surface area contributed by atoms with E-state index in [0.29, 0.717) is 11.5 Å². The minimum Gasteiger partial charge on any atom is -0.481 e. The molecule has 7 heteroatoms. The molecule has 0 spiro atoms. The van der Waals surface area contributed by atoms with Crippen LogP contribution >= 0.6 is 11.3 Å². The molecule has 0 aromatic carbocycles. The summed E-state index contributed by atoms with van der Waals surface area (Å²) < 4.78 is 28.7. The van der Waals surface area contributed by atoms with Gasteiger partial charge in [0, 0.05) is 16.7 Å². The van der Waals surface area contributed by atoms with Crippen LogP contribution in [0.5, 0.6) is 0 Å². The summed E-state index contributed by atoms with van der Waals surface area (Å²) in [6, 6.07) is 0.530. The van der Waals surface area contributed by atoms with Crippen LogP contribution in [0.25, 0.3) is 0 Å². The van der Waals surface area contributed by atoms with E-state index in [0.717, 1.165) is 17.7 Å². The van der Waals surface area contributed by atoms with Gasteiger partial charge in [0.1, 0.15) is 0 Å². The monoisotopic (exact) mass is 385 g/mol. The number of nitrogens with one attached hydrogen (secondary N) is 1. The van der Waals surface area contributed by atoms with Crippen LogP contribution in [-0.2, 0) is 4.79 Å². The highest BCUT2D eigenvalue weighted by atomic mass is 32.1. The maximum Gasteiger partial charge on any atom is 0.306 e. The lowest BCUT2D eigenvalue weighted by Crippen LogP contribution is -2.46. The molecule has 1 aromatic rings. The van der Waals surface area contributed by atoms with E-state index in [4.69, 9.17) is 5.11 Å². The number of hydrogen-bond donors (Lipinski definition) is 2. The van der Waals surface area contributed by atoms with Gasteiger partial charge in [-0.1, -0.05) is 19.3 Å². The molecule has 144 valence electrons. The topological polar surface area (TPSA) is 66.4 Å². The van der Waals surface area contributed by atoms with E-state index in [-0.39, 0.29) is 19.3 Å². The number of hydrogen-bond acceptors (Lipinski definition) is 3. The van der Waals surface area contributed by atoms with Crippen LogP contribution in [0.2, 0.25) is 0 Å². The standard InChI is InChI=1S/C19H25F2NO3S/c20-19(21)9-8-13(18(24)25)6-7-16(19)22-17(23)14-10-15(26-11-14)12-4-2-1-3-5-12/h10-13,16H,1-9H2,(H,22,23)(H,24,25)/t13-,16-/m1/s1. The van der Waals surface area contributed by atoms with Gasteiger partial charge in [0.2, 0.25) is 0 Å². The second kappa shape index (κ2) is 8.03. The molecule has 2 saturated carbocycles. The van der Waals surface area contributed by atoms with Crippen molar-refractivity contribution >= 4 is 23.2 Å². The van der Waals surface area contributed by atoms with Crippen molar-refractivity contribution in [3.8, 4) is 0 Å². The number of rotatable bonds is 4. The largest absolute Gasteiger partial charge is 0.481 e. The molecule has 2 aliphatic carbocycles. The van der Waals surface area contributed by atoms with Gasteiger partial charge in [0.25, 0.3) is 11.8 Å². The van der Waals surface area contributed by atoms with E-state index in [1.807, 2.05) is 6.07 Å². The quantitative estimate of drug-likeness (QED) is 0.732. The Morgan fingerprint density at radius 2 is 1.85 bits per heavy atom. The van der Waals surface area contributed by atoms with Crippen molar-refractivity contribution in [3.63, 3.8) is 0 Å². The number of halogens is 2. The maximum absolute atomic E-state index is 14.3. The molecule has 0 unspecified atom stereocenters. The molecule has 2 N–H and O–H groups in total. The van der Waals surface area contributed by atoms with Gasteiger partial charge in [-0.25, -0.2) is 8.78 Å². The SMILES string of the molecule is O=C(N[C@@H]1CC[C@@H](C(=O)O)CCC1(F)F)c1csc(C2CCCCC2)c1. The van der Waals surface area contributed by atoms with Crippen LogP contribution in [0.4, 0.5) is 8.78 Å². The Kier molecular flexibility index (Phi) is 5.95. The molecular formula is C19H25F2NO3S. The summed E-state index contributed by atoms with van der Waals surface area (Å²) in [6.45, 7) is 0. The van der Waals surface area contributed by atoms with Crippen molar-refractivity contribution in [2.75, 3.05) is 0 Å². The van der Waals surface area contributed by atoms with E-state index >= 15 is 0 Å². The van der Waals surface area contributed by atoms with Gasteiger partial charge < -0.3 is 10.4 Å². The van der Waals surface area contributed by atoms with Gasteiger partial charge in [-0.2, -0.15) is 0 Å². The number of carbonyl (C=O) groups is 2. The molecule has 1 heterocycles. The zero-order chi connectivity index (χ0) is 18.7.